The summed E-state index contributed by atoms with van der Waals surface area (Å²) in [6.45, 7) is 1.68. The minimum Gasteiger partial charge on any atom is -0.479 e. The van der Waals surface area contributed by atoms with Gasteiger partial charge in [-0.1, -0.05) is 0 Å². The van der Waals surface area contributed by atoms with Crippen LogP contribution in [0.3, 0.4) is 0 Å². The molecule has 0 aromatic heterocycles. The van der Waals surface area contributed by atoms with E-state index in [2.05, 4.69) is 0 Å². The van der Waals surface area contributed by atoms with E-state index in [9.17, 15) is 13.6 Å². The van der Waals surface area contributed by atoms with Gasteiger partial charge in [-0.15, -0.1) is 0 Å². The van der Waals surface area contributed by atoms with Gasteiger partial charge in [0.25, 0.3) is 0 Å². The number of halogens is 2. The maximum absolute atomic E-state index is 13.2. The first kappa shape index (κ1) is 11.6. The molecule has 15 heavy (non-hydrogen) atoms. The maximum atomic E-state index is 13.2. The summed E-state index contributed by atoms with van der Waals surface area (Å²) < 4.78 is 30.8. The Morgan fingerprint density at radius 2 is 2.20 bits per heavy atom. The van der Waals surface area contributed by atoms with Crippen LogP contribution in [0, 0.1) is 11.6 Å². The van der Waals surface area contributed by atoms with E-state index in [1.807, 2.05) is 0 Å². The van der Waals surface area contributed by atoms with Gasteiger partial charge in [0.05, 0.1) is 0 Å². The van der Waals surface area contributed by atoms with Gasteiger partial charge < -0.3 is 9.84 Å². The first-order valence-corrected chi connectivity index (χ1v) is 4.35. The van der Waals surface area contributed by atoms with Crippen molar-refractivity contribution in [3.8, 4) is 0 Å². The molecule has 1 aromatic rings. The van der Waals surface area contributed by atoms with Gasteiger partial charge in [0.2, 0.25) is 0 Å². The van der Waals surface area contributed by atoms with Crippen molar-refractivity contribution in [1.29, 1.82) is 0 Å². The van der Waals surface area contributed by atoms with Crippen molar-refractivity contribution in [1.82, 2.24) is 0 Å². The highest BCUT2D eigenvalue weighted by Gasteiger charge is 2.23. The highest BCUT2D eigenvalue weighted by molar-refractivity contribution is 5.74. The van der Waals surface area contributed by atoms with Crippen LogP contribution in [0.1, 0.15) is 18.6 Å². The first-order valence-electron chi connectivity index (χ1n) is 4.35. The number of rotatable bonds is 4. The highest BCUT2D eigenvalue weighted by atomic mass is 19.1. The zero-order valence-corrected chi connectivity index (χ0v) is 8.04. The smallest absolute Gasteiger partial charge is 0.337 e. The van der Waals surface area contributed by atoms with Gasteiger partial charge in [-0.25, -0.2) is 13.6 Å². The lowest BCUT2D eigenvalue weighted by Crippen LogP contribution is -2.17. The minimum absolute atomic E-state index is 0.104. The fourth-order valence-corrected chi connectivity index (χ4v) is 1.18. The second-order valence-electron chi connectivity index (χ2n) is 2.84. The molecule has 0 radical (unpaired) electrons. The molecule has 1 rings (SSSR count). The van der Waals surface area contributed by atoms with Crippen molar-refractivity contribution in [2.24, 2.45) is 0 Å². The molecule has 0 bridgehead atoms. The summed E-state index contributed by atoms with van der Waals surface area (Å²) in [7, 11) is 0. The molecule has 0 saturated carbocycles. The molecule has 82 valence electrons. The fourth-order valence-electron chi connectivity index (χ4n) is 1.18. The lowest BCUT2D eigenvalue weighted by atomic mass is 10.1. The second kappa shape index (κ2) is 4.84. The minimum atomic E-state index is -1.47. The van der Waals surface area contributed by atoms with E-state index in [0.717, 1.165) is 18.2 Å². The lowest BCUT2D eigenvalue weighted by molar-refractivity contribution is -0.150. The van der Waals surface area contributed by atoms with E-state index in [0.29, 0.717) is 0 Å². The average molecular weight is 216 g/mol. The molecule has 1 aromatic carbocycles. The Morgan fingerprint density at radius 1 is 1.53 bits per heavy atom. The van der Waals surface area contributed by atoms with Crippen LogP contribution in [-0.4, -0.2) is 17.7 Å². The second-order valence-corrected chi connectivity index (χ2v) is 2.84. The molecule has 0 saturated heterocycles. The Labute approximate surface area is 85.3 Å². The molecule has 5 heteroatoms. The van der Waals surface area contributed by atoms with Crippen LogP contribution in [-0.2, 0) is 9.53 Å². The van der Waals surface area contributed by atoms with Gasteiger partial charge in [-0.3, -0.25) is 0 Å². The van der Waals surface area contributed by atoms with Crippen LogP contribution < -0.4 is 0 Å². The number of carboxylic acids is 1. The predicted molar refractivity (Wildman–Crippen MR) is 48.4 cm³/mol. The molecule has 0 aliphatic carbocycles. The molecule has 0 heterocycles. The van der Waals surface area contributed by atoms with Gasteiger partial charge >= 0.3 is 5.97 Å². The van der Waals surface area contributed by atoms with Gasteiger partial charge in [-0.05, 0) is 25.1 Å². The van der Waals surface area contributed by atoms with Crippen molar-refractivity contribution in [2.45, 2.75) is 13.0 Å². The van der Waals surface area contributed by atoms with E-state index in [-0.39, 0.29) is 12.2 Å². The van der Waals surface area contributed by atoms with Crippen molar-refractivity contribution >= 4 is 5.97 Å². The number of carboxylic acid groups (broad SMARTS) is 1. The summed E-state index contributed by atoms with van der Waals surface area (Å²) in [4.78, 5) is 10.7. The van der Waals surface area contributed by atoms with Crippen molar-refractivity contribution in [2.75, 3.05) is 6.61 Å². The van der Waals surface area contributed by atoms with Crippen LogP contribution >= 0.6 is 0 Å². The Bertz CT molecular complexity index is 366. The summed E-state index contributed by atoms with van der Waals surface area (Å²) in [6, 6.07) is 2.62. The van der Waals surface area contributed by atoms with Crippen molar-refractivity contribution in [3.05, 3.63) is 35.4 Å². The highest BCUT2D eigenvalue weighted by Crippen LogP contribution is 2.21. The monoisotopic (exact) mass is 216 g/mol. The van der Waals surface area contributed by atoms with Crippen LogP contribution in [0.5, 0.6) is 0 Å². The number of carbonyl (C=O) groups is 1. The molecule has 0 amide bonds. The molecule has 0 aliphatic rings. The van der Waals surface area contributed by atoms with Gasteiger partial charge in [0.15, 0.2) is 6.10 Å². The molecule has 0 spiro atoms. The van der Waals surface area contributed by atoms with Crippen LogP contribution in [0.15, 0.2) is 18.2 Å². The molecule has 0 fully saturated rings. The summed E-state index contributed by atoms with van der Waals surface area (Å²) in [5, 5.41) is 8.76. The third kappa shape index (κ3) is 2.73. The quantitative estimate of drug-likeness (QED) is 0.838. The van der Waals surface area contributed by atoms with Crippen LogP contribution in [0.2, 0.25) is 0 Å². The molecule has 1 unspecified atom stereocenters. The topological polar surface area (TPSA) is 46.5 Å². The zero-order chi connectivity index (χ0) is 11.4. The Morgan fingerprint density at radius 3 is 2.73 bits per heavy atom. The molecular weight excluding hydrogens is 206 g/mol. The number of benzene rings is 1. The van der Waals surface area contributed by atoms with Gasteiger partial charge in [0, 0.05) is 12.2 Å². The maximum Gasteiger partial charge on any atom is 0.337 e. The normalized spacial score (nSPS) is 12.5. The molecular formula is C10H10F2O3. The van der Waals surface area contributed by atoms with Crippen molar-refractivity contribution in [3.63, 3.8) is 0 Å². The third-order valence-corrected chi connectivity index (χ3v) is 1.80. The van der Waals surface area contributed by atoms with Gasteiger partial charge in [-0.2, -0.15) is 0 Å². The zero-order valence-electron chi connectivity index (χ0n) is 8.04. The average Bonchev–Trinajstić information content (AvgIpc) is 2.18. The van der Waals surface area contributed by atoms with E-state index >= 15 is 0 Å². The molecule has 1 N–H and O–H groups in total. The van der Waals surface area contributed by atoms with E-state index < -0.39 is 23.7 Å². The fraction of sp³-hybridized carbons (Fsp3) is 0.300. The summed E-state index contributed by atoms with van der Waals surface area (Å²) >= 11 is 0. The SMILES string of the molecule is CCOC(C(=O)O)c1cc(F)ccc1F. The first-order chi connectivity index (χ1) is 7.06. The largest absolute Gasteiger partial charge is 0.479 e. The van der Waals surface area contributed by atoms with E-state index in [1.165, 1.54) is 0 Å². The standard InChI is InChI=1S/C10H10F2O3/c1-2-15-9(10(13)14)7-5-6(11)3-4-8(7)12/h3-5,9H,2H2,1H3,(H,13,14). The molecule has 1 atom stereocenters. The lowest BCUT2D eigenvalue weighted by Gasteiger charge is -2.13. The summed E-state index contributed by atoms with van der Waals surface area (Å²) in [5.41, 5.74) is -0.302. The Hall–Kier alpha value is -1.49. The Kier molecular flexibility index (Phi) is 3.74. The van der Waals surface area contributed by atoms with E-state index in [4.69, 9.17) is 9.84 Å². The summed E-state index contributed by atoms with van der Waals surface area (Å²) in [5.74, 6) is -2.84. The molecule has 3 nitrogen and oxygen atoms in total. The summed E-state index contributed by atoms with van der Waals surface area (Å²) in [6.07, 6.45) is -1.47. The Balaban J connectivity index is 3.09. The number of ether oxygens (including phenoxy) is 1. The van der Waals surface area contributed by atoms with Gasteiger partial charge in [0.1, 0.15) is 11.6 Å². The van der Waals surface area contributed by atoms with Crippen molar-refractivity contribution < 1.29 is 23.4 Å². The predicted octanol–water partition coefficient (Wildman–Crippen LogP) is 2.13. The van der Waals surface area contributed by atoms with Crippen LogP contribution in [0.4, 0.5) is 8.78 Å². The third-order valence-electron chi connectivity index (χ3n) is 1.80. The number of hydrogen-bond acceptors (Lipinski definition) is 2. The molecule has 0 aliphatic heterocycles. The number of aliphatic carboxylic acids is 1. The van der Waals surface area contributed by atoms with Crippen LogP contribution in [0.25, 0.3) is 0 Å². The number of hydrogen-bond donors (Lipinski definition) is 1. The van der Waals surface area contributed by atoms with E-state index in [1.54, 1.807) is 6.92 Å².